The van der Waals surface area contributed by atoms with Gasteiger partial charge in [0.2, 0.25) is 5.91 Å². The Balaban J connectivity index is 1.46. The fraction of sp³-hybridized carbons (Fsp3) is 0.471. The van der Waals surface area contributed by atoms with Gasteiger partial charge in [-0.25, -0.2) is 9.59 Å². The number of amides is 5. The highest BCUT2D eigenvalue weighted by Crippen LogP contribution is 2.16. The lowest BCUT2D eigenvalue weighted by Crippen LogP contribution is -2.44. The zero-order valence-corrected chi connectivity index (χ0v) is 14.7. The Hall–Kier alpha value is -2.97. The molecule has 2 atom stereocenters. The van der Waals surface area contributed by atoms with Crippen LogP contribution in [-0.4, -0.2) is 47.8 Å². The standard InChI is InChI=1S/C17H23N5O4/c1-10(2)26-12-5-3-4-11(8-12)9-18-13(23)6-7-22-15-14(20-17(22)25)19-16(24)21-15/h3-5,8,10,14-15H,6-7,9H2,1-2H3,(H,18,23)(H,20,25)(H2,19,21,24). The largest absolute Gasteiger partial charge is 0.491 e. The van der Waals surface area contributed by atoms with Gasteiger partial charge in [0, 0.05) is 19.5 Å². The molecule has 3 rings (SSSR count). The lowest BCUT2D eigenvalue weighted by atomic mass is 10.2. The van der Waals surface area contributed by atoms with Gasteiger partial charge in [0.1, 0.15) is 18.1 Å². The molecule has 2 unspecified atom stereocenters. The third-order valence-corrected chi connectivity index (χ3v) is 4.10. The van der Waals surface area contributed by atoms with Crippen LogP contribution in [0.25, 0.3) is 0 Å². The molecular formula is C17H23N5O4. The number of fused-ring (bicyclic) bond motifs is 1. The number of carbonyl (C=O) groups is 3. The first-order valence-electron chi connectivity index (χ1n) is 8.59. The predicted octanol–water partition coefficient (Wildman–Crippen LogP) is 0.470. The first kappa shape index (κ1) is 17.8. The zero-order valence-electron chi connectivity index (χ0n) is 14.7. The molecule has 2 aliphatic heterocycles. The second-order valence-corrected chi connectivity index (χ2v) is 6.52. The number of hydrogen-bond acceptors (Lipinski definition) is 4. The van der Waals surface area contributed by atoms with Gasteiger partial charge < -0.3 is 26.0 Å². The number of hydrogen-bond donors (Lipinski definition) is 4. The molecule has 0 saturated carbocycles. The third kappa shape index (κ3) is 4.16. The highest BCUT2D eigenvalue weighted by Gasteiger charge is 2.45. The third-order valence-electron chi connectivity index (χ3n) is 4.10. The van der Waals surface area contributed by atoms with Crippen molar-refractivity contribution < 1.29 is 19.1 Å². The summed E-state index contributed by atoms with van der Waals surface area (Å²) in [7, 11) is 0. The monoisotopic (exact) mass is 361 g/mol. The van der Waals surface area contributed by atoms with Gasteiger partial charge in [0.05, 0.1) is 6.10 Å². The second kappa shape index (κ2) is 7.51. The maximum Gasteiger partial charge on any atom is 0.320 e. The first-order chi connectivity index (χ1) is 12.4. The Labute approximate surface area is 151 Å². The van der Waals surface area contributed by atoms with Crippen molar-refractivity contribution in [1.29, 1.82) is 0 Å². The van der Waals surface area contributed by atoms with Gasteiger partial charge in [-0.3, -0.25) is 9.69 Å². The van der Waals surface area contributed by atoms with Gasteiger partial charge in [0.15, 0.2) is 0 Å². The van der Waals surface area contributed by atoms with E-state index in [0.29, 0.717) is 6.54 Å². The van der Waals surface area contributed by atoms with Crippen LogP contribution >= 0.6 is 0 Å². The van der Waals surface area contributed by atoms with E-state index < -0.39 is 12.3 Å². The molecule has 0 radical (unpaired) electrons. The maximum atomic E-state index is 12.1. The fourth-order valence-corrected chi connectivity index (χ4v) is 2.95. The average molecular weight is 361 g/mol. The Morgan fingerprint density at radius 2 is 2.08 bits per heavy atom. The van der Waals surface area contributed by atoms with E-state index in [9.17, 15) is 14.4 Å². The fourth-order valence-electron chi connectivity index (χ4n) is 2.95. The number of nitrogens with zero attached hydrogens (tertiary/aromatic N) is 1. The molecule has 140 valence electrons. The number of nitrogens with one attached hydrogen (secondary N) is 4. The summed E-state index contributed by atoms with van der Waals surface area (Å²) in [6.45, 7) is 4.51. The summed E-state index contributed by atoms with van der Waals surface area (Å²) in [5, 5.41) is 10.7. The molecule has 9 nitrogen and oxygen atoms in total. The van der Waals surface area contributed by atoms with E-state index in [1.165, 1.54) is 4.90 Å². The molecule has 26 heavy (non-hydrogen) atoms. The predicted molar refractivity (Wildman–Crippen MR) is 93.2 cm³/mol. The minimum Gasteiger partial charge on any atom is -0.491 e. The van der Waals surface area contributed by atoms with Gasteiger partial charge >= 0.3 is 12.1 Å². The molecule has 0 bridgehead atoms. The number of carbonyl (C=O) groups excluding carboxylic acids is 3. The lowest BCUT2D eigenvalue weighted by Gasteiger charge is -2.20. The molecule has 5 amide bonds. The highest BCUT2D eigenvalue weighted by molar-refractivity contribution is 5.85. The molecule has 2 heterocycles. The van der Waals surface area contributed by atoms with Crippen molar-refractivity contribution in [1.82, 2.24) is 26.2 Å². The summed E-state index contributed by atoms with van der Waals surface area (Å²) in [6.07, 6.45) is -0.690. The van der Waals surface area contributed by atoms with Crippen LogP contribution in [0.4, 0.5) is 9.59 Å². The molecule has 4 N–H and O–H groups in total. The Morgan fingerprint density at radius 1 is 1.27 bits per heavy atom. The molecule has 1 aromatic rings. The smallest absolute Gasteiger partial charge is 0.320 e. The van der Waals surface area contributed by atoms with E-state index >= 15 is 0 Å². The number of benzene rings is 1. The molecule has 1 aromatic carbocycles. The van der Waals surface area contributed by atoms with E-state index in [-0.39, 0.29) is 37.0 Å². The van der Waals surface area contributed by atoms with E-state index in [1.54, 1.807) is 0 Å². The van der Waals surface area contributed by atoms with Crippen molar-refractivity contribution in [2.75, 3.05) is 6.54 Å². The number of rotatable bonds is 7. The second-order valence-electron chi connectivity index (χ2n) is 6.52. The molecule has 0 aliphatic carbocycles. The molecule has 9 heteroatoms. The first-order valence-corrected chi connectivity index (χ1v) is 8.59. The Bertz CT molecular complexity index is 708. The molecule has 0 aromatic heterocycles. The normalized spacial score (nSPS) is 21.1. The SMILES string of the molecule is CC(C)Oc1cccc(CNC(=O)CCN2C(=O)NC3NC(=O)NC32)c1. The average Bonchev–Trinajstić information content (AvgIpc) is 3.05. The maximum absolute atomic E-state index is 12.1. The summed E-state index contributed by atoms with van der Waals surface area (Å²) in [5.41, 5.74) is 0.933. The van der Waals surface area contributed by atoms with Gasteiger partial charge in [-0.05, 0) is 31.5 Å². The van der Waals surface area contributed by atoms with E-state index in [0.717, 1.165) is 11.3 Å². The summed E-state index contributed by atoms with van der Waals surface area (Å²) >= 11 is 0. The summed E-state index contributed by atoms with van der Waals surface area (Å²) in [5.74, 6) is 0.588. The van der Waals surface area contributed by atoms with Crippen LogP contribution in [0.15, 0.2) is 24.3 Å². The van der Waals surface area contributed by atoms with E-state index in [2.05, 4.69) is 21.3 Å². The zero-order chi connectivity index (χ0) is 18.7. The van der Waals surface area contributed by atoms with Crippen LogP contribution in [0.2, 0.25) is 0 Å². The van der Waals surface area contributed by atoms with Crippen LogP contribution in [0.1, 0.15) is 25.8 Å². The van der Waals surface area contributed by atoms with Crippen LogP contribution < -0.4 is 26.0 Å². The van der Waals surface area contributed by atoms with E-state index in [4.69, 9.17) is 4.74 Å². The van der Waals surface area contributed by atoms with Crippen LogP contribution in [0.5, 0.6) is 5.75 Å². The van der Waals surface area contributed by atoms with Crippen molar-refractivity contribution in [3.8, 4) is 5.75 Å². The van der Waals surface area contributed by atoms with Crippen molar-refractivity contribution in [3.05, 3.63) is 29.8 Å². The van der Waals surface area contributed by atoms with Crippen LogP contribution in [0.3, 0.4) is 0 Å². The highest BCUT2D eigenvalue weighted by atomic mass is 16.5. The van der Waals surface area contributed by atoms with Crippen LogP contribution in [-0.2, 0) is 11.3 Å². The van der Waals surface area contributed by atoms with Crippen molar-refractivity contribution in [2.24, 2.45) is 0 Å². The van der Waals surface area contributed by atoms with Gasteiger partial charge in [-0.2, -0.15) is 0 Å². The number of urea groups is 2. The minimum atomic E-state index is -0.465. The lowest BCUT2D eigenvalue weighted by molar-refractivity contribution is -0.121. The Morgan fingerprint density at radius 3 is 2.85 bits per heavy atom. The summed E-state index contributed by atoms with van der Waals surface area (Å²) < 4.78 is 5.63. The summed E-state index contributed by atoms with van der Waals surface area (Å²) in [4.78, 5) is 36.7. The molecule has 0 spiro atoms. The van der Waals surface area contributed by atoms with Crippen molar-refractivity contribution in [3.63, 3.8) is 0 Å². The van der Waals surface area contributed by atoms with Crippen LogP contribution in [0, 0.1) is 0 Å². The van der Waals surface area contributed by atoms with Gasteiger partial charge in [0.25, 0.3) is 0 Å². The van der Waals surface area contributed by atoms with Gasteiger partial charge in [-0.1, -0.05) is 12.1 Å². The summed E-state index contributed by atoms with van der Waals surface area (Å²) in [6, 6.07) is 6.91. The molecule has 2 aliphatic rings. The van der Waals surface area contributed by atoms with E-state index in [1.807, 2.05) is 38.1 Å². The minimum absolute atomic E-state index is 0.0841. The Kier molecular flexibility index (Phi) is 5.15. The quantitative estimate of drug-likeness (QED) is 0.566. The number of ether oxygens (including phenoxy) is 1. The van der Waals surface area contributed by atoms with Crippen molar-refractivity contribution >= 4 is 18.0 Å². The molecule has 2 fully saturated rings. The molecular weight excluding hydrogens is 338 g/mol. The van der Waals surface area contributed by atoms with Crippen molar-refractivity contribution in [2.45, 2.75) is 45.2 Å². The topological polar surface area (TPSA) is 112 Å². The van der Waals surface area contributed by atoms with Gasteiger partial charge in [-0.15, -0.1) is 0 Å². The molecule has 2 saturated heterocycles.